The predicted molar refractivity (Wildman–Crippen MR) is 195 cm³/mol. The molecule has 4 aliphatic heterocycles. The third-order valence-electron chi connectivity index (χ3n) is 11.2. The molecule has 0 spiro atoms. The second kappa shape index (κ2) is 23.1. The van der Waals surface area contributed by atoms with Crippen molar-refractivity contribution in [2.75, 3.05) is 13.7 Å². The van der Waals surface area contributed by atoms with Gasteiger partial charge in [0.15, 0.2) is 25.2 Å². The first-order valence-electron chi connectivity index (χ1n) is 20.5. The summed E-state index contributed by atoms with van der Waals surface area (Å²) in [4.78, 5) is 11.3. The van der Waals surface area contributed by atoms with Crippen LogP contribution in [0.1, 0.15) is 98.3 Å². The number of rotatable bonds is 20. The summed E-state index contributed by atoms with van der Waals surface area (Å²) in [5.41, 5.74) is 0. The predicted octanol–water partition coefficient (Wildman–Crippen LogP) is -1.15. The van der Waals surface area contributed by atoms with E-state index in [-0.39, 0.29) is 12.1 Å². The molecule has 0 radical (unpaired) electrons. The zero-order valence-electron chi connectivity index (χ0n) is 33.6. The molecular formula is C38H68O19. The van der Waals surface area contributed by atoms with E-state index in [0.717, 1.165) is 51.4 Å². The highest BCUT2D eigenvalue weighted by atomic mass is 16.8. The van der Waals surface area contributed by atoms with Gasteiger partial charge in [-0.1, -0.05) is 51.9 Å². The van der Waals surface area contributed by atoms with Crippen LogP contribution in [-0.4, -0.2) is 188 Å². The van der Waals surface area contributed by atoms with E-state index in [9.17, 15) is 50.8 Å². The first-order chi connectivity index (χ1) is 27.1. The Morgan fingerprint density at radius 2 is 1.04 bits per heavy atom. The van der Waals surface area contributed by atoms with Crippen LogP contribution >= 0.6 is 0 Å². The van der Waals surface area contributed by atoms with Crippen LogP contribution in [0.3, 0.4) is 0 Å². The van der Waals surface area contributed by atoms with E-state index >= 15 is 0 Å². The molecule has 20 atom stereocenters. The van der Waals surface area contributed by atoms with Crippen LogP contribution in [0.2, 0.25) is 0 Å². The molecule has 57 heavy (non-hydrogen) atoms. The highest BCUT2D eigenvalue weighted by Crippen LogP contribution is 2.35. The molecule has 19 nitrogen and oxygen atoms in total. The number of aliphatic hydroxyl groups excluding tert-OH is 9. The van der Waals surface area contributed by atoms with Gasteiger partial charge in [0.2, 0.25) is 0 Å². The summed E-state index contributed by atoms with van der Waals surface area (Å²) in [6, 6.07) is 0. The number of carbonyl (C=O) groups is 1. The molecule has 0 saturated carbocycles. The SMILES string of the molecule is CCC[C@@H](CCCCCCCCCC(=O)OC)O[C@@H]1O[C@H](C)[C@@H](O)[C@H](O)[C@H]1O[C@@H]1OC[C@@H](O)[C@H](O[C@@H]2O[C@H](C)[C@@H](O)[C@H](O)[C@H]2O)[C@H]1O[C@@H]1O[C@@H](C)[C@H](O)[C@@H](O)[C@H]1O. The number of carbonyl (C=O) groups excluding carboxylic acids is 1. The second-order valence-electron chi connectivity index (χ2n) is 15.8. The fourth-order valence-electron chi connectivity index (χ4n) is 7.58. The summed E-state index contributed by atoms with van der Waals surface area (Å²) in [6.45, 7) is 6.01. The average molecular weight is 829 g/mol. The highest BCUT2D eigenvalue weighted by Gasteiger charge is 2.54. The van der Waals surface area contributed by atoms with Crippen molar-refractivity contribution in [3.05, 3.63) is 0 Å². The van der Waals surface area contributed by atoms with Gasteiger partial charge in [-0.25, -0.2) is 0 Å². The minimum Gasteiger partial charge on any atom is -0.469 e. The van der Waals surface area contributed by atoms with Gasteiger partial charge in [-0.3, -0.25) is 4.79 Å². The van der Waals surface area contributed by atoms with Crippen molar-refractivity contribution in [1.29, 1.82) is 0 Å². The Kier molecular flexibility index (Phi) is 19.7. The number of methoxy groups -OCH3 is 1. The number of esters is 1. The third kappa shape index (κ3) is 12.9. The molecule has 0 aromatic rings. The monoisotopic (exact) mass is 828 g/mol. The lowest BCUT2D eigenvalue weighted by Gasteiger charge is -2.49. The summed E-state index contributed by atoms with van der Waals surface area (Å²) in [6.07, 6.45) is -19.1. The van der Waals surface area contributed by atoms with Crippen LogP contribution in [0.4, 0.5) is 0 Å². The molecule has 4 fully saturated rings. The maximum atomic E-state index is 11.4. The molecule has 0 unspecified atom stereocenters. The molecule has 0 aromatic heterocycles. The van der Waals surface area contributed by atoms with Crippen LogP contribution in [0.5, 0.6) is 0 Å². The Morgan fingerprint density at radius 1 is 0.561 bits per heavy atom. The summed E-state index contributed by atoms with van der Waals surface area (Å²) < 4.78 is 52.8. The molecule has 0 bridgehead atoms. The standard InChI is InChI=1S/C38H68O19/c1-6-14-21(15-12-10-8-7-9-11-13-16-23(40)49-5)54-38-33(29(46)26(43)20(4)53-38)56-37-34(57-36-31(48)28(45)25(42)19(3)52-36)32(22(39)17-50-37)55-35-30(47)27(44)24(41)18(2)51-35/h18-22,24-39,41-48H,6-17H2,1-5H3/t18-,19+,20-,21+,22-,24-,25+,26-,27+,28-,29+,30-,31-,32+,33-,34-,35+,36+,37+,38+/m1/s1. The Labute approximate surface area is 334 Å². The maximum Gasteiger partial charge on any atom is 0.305 e. The van der Waals surface area contributed by atoms with Crippen LogP contribution in [0.15, 0.2) is 0 Å². The first-order valence-corrected chi connectivity index (χ1v) is 20.5. The molecule has 19 heteroatoms. The van der Waals surface area contributed by atoms with Crippen molar-refractivity contribution in [2.24, 2.45) is 0 Å². The Hall–Kier alpha value is -1.21. The lowest BCUT2D eigenvalue weighted by atomic mass is 9.97. The van der Waals surface area contributed by atoms with Crippen molar-refractivity contribution in [3.8, 4) is 0 Å². The van der Waals surface area contributed by atoms with Crippen LogP contribution in [0, 0.1) is 0 Å². The van der Waals surface area contributed by atoms with E-state index in [1.165, 1.54) is 21.0 Å². The van der Waals surface area contributed by atoms with E-state index in [0.29, 0.717) is 19.3 Å². The number of ether oxygens (including phenoxy) is 9. The van der Waals surface area contributed by atoms with Gasteiger partial charge < -0.3 is 88.6 Å². The Bertz CT molecular complexity index is 1170. The topological polar surface area (TPSA) is 282 Å². The molecule has 0 amide bonds. The molecule has 0 aromatic carbocycles. The van der Waals surface area contributed by atoms with Crippen molar-refractivity contribution in [3.63, 3.8) is 0 Å². The molecule has 4 rings (SSSR count). The summed E-state index contributed by atoms with van der Waals surface area (Å²) in [5, 5.41) is 96.6. The largest absolute Gasteiger partial charge is 0.469 e. The summed E-state index contributed by atoms with van der Waals surface area (Å²) in [5.74, 6) is -0.200. The van der Waals surface area contributed by atoms with Gasteiger partial charge >= 0.3 is 5.97 Å². The third-order valence-corrected chi connectivity index (χ3v) is 11.2. The van der Waals surface area contributed by atoms with Crippen molar-refractivity contribution < 1.29 is 93.4 Å². The zero-order chi connectivity index (χ0) is 42.0. The van der Waals surface area contributed by atoms with Gasteiger partial charge in [0.05, 0.1) is 38.1 Å². The van der Waals surface area contributed by atoms with Gasteiger partial charge in [-0.15, -0.1) is 0 Å². The molecule has 4 saturated heterocycles. The van der Waals surface area contributed by atoms with Crippen molar-refractivity contribution in [2.45, 2.75) is 221 Å². The minimum atomic E-state index is -1.81. The number of aliphatic hydroxyl groups is 9. The first kappa shape index (κ1) is 48.5. The van der Waals surface area contributed by atoms with Gasteiger partial charge in [0.25, 0.3) is 0 Å². The van der Waals surface area contributed by atoms with Gasteiger partial charge in [0, 0.05) is 6.42 Å². The number of hydrogen-bond acceptors (Lipinski definition) is 19. The smallest absolute Gasteiger partial charge is 0.305 e. The zero-order valence-corrected chi connectivity index (χ0v) is 33.6. The lowest BCUT2D eigenvalue weighted by Crippen LogP contribution is -2.66. The van der Waals surface area contributed by atoms with Crippen LogP contribution < -0.4 is 0 Å². The molecule has 0 aliphatic carbocycles. The van der Waals surface area contributed by atoms with E-state index < -0.39 is 123 Å². The number of unbranched alkanes of at least 4 members (excludes halogenated alkanes) is 6. The Morgan fingerprint density at radius 3 is 1.58 bits per heavy atom. The lowest BCUT2D eigenvalue weighted by molar-refractivity contribution is -0.398. The fraction of sp³-hybridized carbons (Fsp3) is 0.974. The van der Waals surface area contributed by atoms with E-state index in [1.807, 2.05) is 6.92 Å². The minimum absolute atomic E-state index is 0.200. The highest BCUT2D eigenvalue weighted by molar-refractivity contribution is 5.68. The van der Waals surface area contributed by atoms with E-state index in [2.05, 4.69) is 4.74 Å². The van der Waals surface area contributed by atoms with E-state index in [4.69, 9.17) is 37.9 Å². The Balaban J connectivity index is 1.50. The average Bonchev–Trinajstić information content (AvgIpc) is 3.18. The second-order valence-corrected chi connectivity index (χ2v) is 15.8. The van der Waals surface area contributed by atoms with Crippen molar-refractivity contribution in [1.82, 2.24) is 0 Å². The molecule has 4 heterocycles. The van der Waals surface area contributed by atoms with Crippen LogP contribution in [-0.2, 0) is 47.4 Å². The molecule has 334 valence electrons. The fourth-order valence-corrected chi connectivity index (χ4v) is 7.58. The maximum absolute atomic E-state index is 11.4. The number of hydrogen-bond donors (Lipinski definition) is 9. The van der Waals surface area contributed by atoms with Gasteiger partial charge in [-0.2, -0.15) is 0 Å². The summed E-state index contributed by atoms with van der Waals surface area (Å²) in [7, 11) is 1.39. The summed E-state index contributed by atoms with van der Waals surface area (Å²) >= 11 is 0. The van der Waals surface area contributed by atoms with Crippen molar-refractivity contribution >= 4 is 5.97 Å². The van der Waals surface area contributed by atoms with Gasteiger partial charge in [0.1, 0.15) is 73.2 Å². The van der Waals surface area contributed by atoms with E-state index in [1.54, 1.807) is 6.92 Å². The normalized spacial score (nSPS) is 43.4. The quantitative estimate of drug-likeness (QED) is 0.0518. The molecular weight excluding hydrogens is 760 g/mol. The molecule has 9 N–H and O–H groups in total. The molecule has 4 aliphatic rings. The van der Waals surface area contributed by atoms with Crippen LogP contribution in [0.25, 0.3) is 0 Å². The van der Waals surface area contributed by atoms with Gasteiger partial charge in [-0.05, 0) is 40.0 Å².